The van der Waals surface area contributed by atoms with Crippen molar-refractivity contribution in [2.45, 2.75) is 70.7 Å². The van der Waals surface area contributed by atoms with Gasteiger partial charge in [-0.15, -0.1) is 11.3 Å². The van der Waals surface area contributed by atoms with Gasteiger partial charge in [-0.25, -0.2) is 18.2 Å². The number of nitrogens with zero attached hydrogens (tertiary/aromatic N) is 5. The molecule has 1 aromatic heterocycles. The number of amides is 3. The third-order valence-corrected chi connectivity index (χ3v) is 11.3. The minimum Gasteiger partial charge on any atom is -0.497 e. The molecule has 3 amide bonds. The van der Waals surface area contributed by atoms with Gasteiger partial charge in [-0.05, 0) is 55.0 Å². The van der Waals surface area contributed by atoms with Crippen LogP contribution in [0.2, 0.25) is 0 Å². The van der Waals surface area contributed by atoms with Crippen LogP contribution in [0.25, 0.3) is 0 Å². The number of aromatic nitrogens is 1. The second-order valence-corrected chi connectivity index (χ2v) is 16.0. The van der Waals surface area contributed by atoms with E-state index in [1.807, 2.05) is 58.0 Å². The first kappa shape index (κ1) is 38.7. The standard InChI is InChI=1S/C35H48N6O7S2/c1-23(2)19-40(50(46,47)29-14-12-28(48-6)13-15-29)21-31(42)30(18-26-10-8-7-9-11-26)37-33(43)32(24(3)4)41-17-16-39(35(41)44)20-27-22-49-34(36-27)25(5)38-45/h7-15,22-24,30-32,42,45H,16-21H2,1-6H3,(H,37,43)/b38-25+/t30-,31+,32-/m0/s1. The summed E-state index contributed by atoms with van der Waals surface area (Å²) in [5.41, 5.74) is 1.87. The molecule has 0 bridgehead atoms. The number of thiazole rings is 1. The van der Waals surface area contributed by atoms with Gasteiger partial charge in [0.15, 0.2) is 0 Å². The predicted molar refractivity (Wildman–Crippen MR) is 192 cm³/mol. The van der Waals surface area contributed by atoms with Crippen LogP contribution >= 0.6 is 11.3 Å². The van der Waals surface area contributed by atoms with Crippen LogP contribution in [0.4, 0.5) is 4.79 Å². The van der Waals surface area contributed by atoms with E-state index in [9.17, 15) is 23.1 Å². The van der Waals surface area contributed by atoms with Crippen LogP contribution in [0.1, 0.15) is 50.9 Å². The lowest BCUT2D eigenvalue weighted by molar-refractivity contribution is -0.128. The summed E-state index contributed by atoms with van der Waals surface area (Å²) in [6, 6.07) is 13.4. The summed E-state index contributed by atoms with van der Waals surface area (Å²) >= 11 is 1.32. The number of sulfonamides is 1. The third-order valence-electron chi connectivity index (χ3n) is 8.47. The van der Waals surface area contributed by atoms with E-state index in [2.05, 4.69) is 15.5 Å². The molecular weight excluding hydrogens is 681 g/mol. The highest BCUT2D eigenvalue weighted by atomic mass is 32.2. The molecule has 0 unspecified atom stereocenters. The van der Waals surface area contributed by atoms with Gasteiger partial charge in [0.05, 0.1) is 36.4 Å². The molecule has 2 aromatic carbocycles. The van der Waals surface area contributed by atoms with E-state index >= 15 is 0 Å². The maximum absolute atomic E-state index is 14.1. The largest absolute Gasteiger partial charge is 0.497 e. The molecule has 0 aliphatic carbocycles. The van der Waals surface area contributed by atoms with Gasteiger partial charge in [-0.2, -0.15) is 4.31 Å². The lowest BCUT2D eigenvalue weighted by atomic mass is 9.97. The number of hydrogen-bond acceptors (Lipinski definition) is 10. The number of aliphatic hydroxyl groups excluding tert-OH is 1. The zero-order valence-corrected chi connectivity index (χ0v) is 31.0. The molecule has 2 heterocycles. The summed E-state index contributed by atoms with van der Waals surface area (Å²) in [6.45, 7) is 9.98. The van der Waals surface area contributed by atoms with Crippen LogP contribution in [-0.4, -0.2) is 107 Å². The lowest BCUT2D eigenvalue weighted by Gasteiger charge is -2.34. The van der Waals surface area contributed by atoms with E-state index < -0.39 is 34.1 Å². The maximum atomic E-state index is 14.1. The summed E-state index contributed by atoms with van der Waals surface area (Å²) in [5, 5.41) is 29.4. The van der Waals surface area contributed by atoms with Gasteiger partial charge in [-0.3, -0.25) is 4.79 Å². The number of aliphatic hydroxyl groups is 1. The number of oxime groups is 1. The van der Waals surface area contributed by atoms with Crippen molar-refractivity contribution in [1.82, 2.24) is 24.4 Å². The van der Waals surface area contributed by atoms with E-state index in [-0.39, 0.29) is 48.8 Å². The molecule has 0 spiro atoms. The van der Waals surface area contributed by atoms with Crippen LogP contribution in [0.5, 0.6) is 5.75 Å². The molecule has 3 aromatic rings. The molecule has 1 aliphatic rings. The molecule has 50 heavy (non-hydrogen) atoms. The number of carbonyl (C=O) groups excluding carboxylic acids is 2. The Balaban J connectivity index is 1.55. The van der Waals surface area contributed by atoms with Crippen molar-refractivity contribution in [1.29, 1.82) is 0 Å². The second kappa shape index (κ2) is 17.2. The first-order valence-corrected chi connectivity index (χ1v) is 18.9. The number of urea groups is 1. The molecule has 0 radical (unpaired) electrons. The minimum absolute atomic E-state index is 0.0467. The highest BCUT2D eigenvalue weighted by Gasteiger charge is 2.40. The maximum Gasteiger partial charge on any atom is 0.321 e. The van der Waals surface area contributed by atoms with Gasteiger partial charge in [0.25, 0.3) is 0 Å². The number of ether oxygens (including phenoxy) is 1. The number of methoxy groups -OCH3 is 1. The quantitative estimate of drug-likeness (QED) is 0.107. The van der Waals surface area contributed by atoms with Gasteiger partial charge < -0.3 is 30.2 Å². The predicted octanol–water partition coefficient (Wildman–Crippen LogP) is 4.05. The summed E-state index contributed by atoms with van der Waals surface area (Å²) in [7, 11) is -2.51. The number of benzene rings is 2. The van der Waals surface area contributed by atoms with Crippen molar-refractivity contribution in [2.75, 3.05) is 33.3 Å². The highest BCUT2D eigenvalue weighted by molar-refractivity contribution is 7.89. The van der Waals surface area contributed by atoms with Crippen molar-refractivity contribution in [3.63, 3.8) is 0 Å². The number of carbonyl (C=O) groups is 2. The zero-order chi connectivity index (χ0) is 36.6. The first-order chi connectivity index (χ1) is 23.7. The molecule has 1 fully saturated rings. The molecule has 1 aliphatic heterocycles. The minimum atomic E-state index is -4.01. The summed E-state index contributed by atoms with van der Waals surface area (Å²) in [5.74, 6) is -0.232. The van der Waals surface area contributed by atoms with Crippen LogP contribution < -0.4 is 10.1 Å². The Morgan fingerprint density at radius 3 is 2.36 bits per heavy atom. The van der Waals surface area contributed by atoms with Crippen molar-refractivity contribution in [3.8, 4) is 5.75 Å². The van der Waals surface area contributed by atoms with E-state index in [1.54, 1.807) is 34.2 Å². The Labute approximate surface area is 298 Å². The Morgan fingerprint density at radius 2 is 1.76 bits per heavy atom. The third kappa shape index (κ3) is 9.59. The molecule has 0 saturated carbocycles. The smallest absolute Gasteiger partial charge is 0.321 e. The van der Waals surface area contributed by atoms with Gasteiger partial charge >= 0.3 is 6.03 Å². The summed E-state index contributed by atoms with van der Waals surface area (Å²) in [4.78, 5) is 35.5. The van der Waals surface area contributed by atoms with Crippen molar-refractivity contribution in [2.24, 2.45) is 17.0 Å². The van der Waals surface area contributed by atoms with Crippen LogP contribution in [0, 0.1) is 11.8 Å². The summed E-state index contributed by atoms with van der Waals surface area (Å²) < 4.78 is 34.1. The van der Waals surface area contributed by atoms with E-state index in [1.165, 1.54) is 34.9 Å². The first-order valence-electron chi connectivity index (χ1n) is 16.6. The van der Waals surface area contributed by atoms with Crippen molar-refractivity contribution >= 4 is 39.0 Å². The monoisotopic (exact) mass is 728 g/mol. The van der Waals surface area contributed by atoms with Gasteiger partial charge in [-0.1, -0.05) is 63.2 Å². The highest BCUT2D eigenvalue weighted by Crippen LogP contribution is 2.24. The molecule has 3 N–H and O–H groups in total. The molecular formula is C35H48N6O7S2. The SMILES string of the molecule is COc1ccc(S(=O)(=O)N(CC(C)C)C[C@@H](O)[C@H](Cc2ccccc2)NC(=O)[C@H](C(C)C)N2CCN(Cc3csc(/C(C)=N/O)n3)C2=O)cc1. The molecule has 4 rings (SSSR count). The van der Waals surface area contributed by atoms with Crippen molar-refractivity contribution < 1.29 is 33.1 Å². The second-order valence-electron chi connectivity index (χ2n) is 13.2. The molecule has 1 saturated heterocycles. The average Bonchev–Trinajstić information content (AvgIpc) is 3.70. The fourth-order valence-corrected chi connectivity index (χ4v) is 8.30. The molecule has 15 heteroatoms. The number of hydrogen-bond donors (Lipinski definition) is 3. The van der Waals surface area contributed by atoms with Crippen molar-refractivity contribution in [3.05, 3.63) is 76.2 Å². The molecule has 3 atom stereocenters. The van der Waals surface area contributed by atoms with Gasteiger partial charge in [0.2, 0.25) is 15.9 Å². The normalized spacial score (nSPS) is 16.0. The topological polar surface area (TPSA) is 165 Å². The average molecular weight is 729 g/mol. The number of rotatable bonds is 17. The lowest BCUT2D eigenvalue weighted by Crippen LogP contribution is -2.57. The van der Waals surface area contributed by atoms with Gasteiger partial charge in [0, 0.05) is 31.6 Å². The molecule has 272 valence electrons. The summed E-state index contributed by atoms with van der Waals surface area (Å²) in [6.07, 6.45) is -1.05. The Hall–Kier alpha value is -4.05. The number of nitrogens with one attached hydrogen (secondary N) is 1. The Morgan fingerprint density at radius 1 is 1.08 bits per heavy atom. The van der Waals surface area contributed by atoms with E-state index in [0.717, 1.165) is 5.56 Å². The van der Waals surface area contributed by atoms with Gasteiger partial charge in [0.1, 0.15) is 22.5 Å². The van der Waals surface area contributed by atoms with E-state index in [0.29, 0.717) is 35.3 Å². The fourth-order valence-electron chi connectivity index (χ4n) is 5.92. The van der Waals surface area contributed by atoms with Crippen LogP contribution in [0.3, 0.4) is 0 Å². The zero-order valence-electron chi connectivity index (χ0n) is 29.4. The Kier molecular flexibility index (Phi) is 13.4. The molecule has 13 nitrogen and oxygen atoms in total. The van der Waals surface area contributed by atoms with Crippen LogP contribution in [0.15, 0.2) is 70.0 Å². The Bertz CT molecular complexity index is 1710. The van der Waals surface area contributed by atoms with E-state index in [4.69, 9.17) is 9.94 Å². The fraction of sp³-hybridized carbons (Fsp3) is 0.486. The van der Waals surface area contributed by atoms with Crippen LogP contribution in [-0.2, 0) is 27.8 Å².